The molecule has 0 amide bonds. The van der Waals surface area contributed by atoms with Crippen LogP contribution in [0.5, 0.6) is 0 Å². The monoisotopic (exact) mass is 771 g/mol. The van der Waals surface area contributed by atoms with E-state index in [0.717, 1.165) is 39.7 Å². The zero-order valence-electron chi connectivity index (χ0n) is 34.7. The molecule has 284 valence electrons. The highest BCUT2D eigenvalue weighted by Gasteiger charge is 2.67. The molecular weight excluding hydrogens is 723 g/mol. The summed E-state index contributed by atoms with van der Waals surface area (Å²) in [5.74, 6) is 1.70. The second-order valence-electron chi connectivity index (χ2n) is 18.3. The van der Waals surface area contributed by atoms with Crippen LogP contribution in [-0.4, -0.2) is 12.6 Å². The Labute approximate surface area is 341 Å². The second kappa shape index (κ2) is 12.2. The van der Waals surface area contributed by atoms with E-state index in [2.05, 4.69) is 202 Å². The van der Waals surface area contributed by atoms with Crippen LogP contribution in [0.25, 0.3) is 72.4 Å². The summed E-state index contributed by atoms with van der Waals surface area (Å²) in [6.45, 7) is 19.0. The Kier molecular flexibility index (Phi) is 7.41. The largest absolute Gasteiger partial charge is 0.455 e. The summed E-state index contributed by atoms with van der Waals surface area (Å²) in [4.78, 5) is 0. The van der Waals surface area contributed by atoms with Crippen molar-refractivity contribution in [1.29, 1.82) is 0 Å². The molecule has 0 saturated heterocycles. The fourth-order valence-electron chi connectivity index (χ4n) is 10.6. The number of benzene rings is 6. The van der Waals surface area contributed by atoms with Crippen LogP contribution in [-0.2, 0) is 12.1 Å². The van der Waals surface area contributed by atoms with E-state index >= 15 is 0 Å². The molecule has 2 aliphatic heterocycles. The molecule has 0 aliphatic carbocycles. The number of hydrogen-bond acceptors (Lipinski definition) is 1. The van der Waals surface area contributed by atoms with E-state index < -0.39 is 13.7 Å². The lowest BCUT2D eigenvalue weighted by Crippen LogP contribution is -2.72. The van der Waals surface area contributed by atoms with Gasteiger partial charge in [0, 0.05) is 22.0 Å². The van der Waals surface area contributed by atoms with Gasteiger partial charge in [0.05, 0.1) is 24.8 Å². The molecule has 9 aromatic rings. The Hall–Kier alpha value is -6.04. The third-order valence-corrected chi connectivity index (χ3v) is 14.9. The van der Waals surface area contributed by atoms with Gasteiger partial charge in [0.2, 0.25) is 5.69 Å². The topological polar surface area (TPSA) is 25.8 Å². The Morgan fingerprint density at radius 2 is 1.43 bits per heavy atom. The molecule has 6 aromatic carbocycles. The van der Waals surface area contributed by atoms with Gasteiger partial charge < -0.3 is 4.42 Å². The molecule has 2 aliphatic rings. The Bertz CT molecular complexity index is 3170. The average Bonchev–Trinajstić information content (AvgIpc) is 3.90. The van der Waals surface area contributed by atoms with Gasteiger partial charge in [0.25, 0.3) is 0 Å². The molecule has 1 unspecified atom stereocenters. The van der Waals surface area contributed by atoms with Gasteiger partial charge >= 0.3 is 11.5 Å². The quantitative estimate of drug-likeness (QED) is 0.126. The summed E-state index contributed by atoms with van der Waals surface area (Å²) in [6.07, 6.45) is 3.65. The van der Waals surface area contributed by atoms with E-state index in [1.807, 2.05) is 0 Å². The van der Waals surface area contributed by atoms with Crippen LogP contribution in [0.1, 0.15) is 47.2 Å². The molecule has 1 atom stereocenters. The number of furan rings is 1. The first-order chi connectivity index (χ1) is 28.0. The predicted octanol–water partition coefficient (Wildman–Crippen LogP) is 11.7. The van der Waals surface area contributed by atoms with E-state index in [0.29, 0.717) is 5.92 Å². The summed E-state index contributed by atoms with van der Waals surface area (Å²) in [6, 6.07) is 47.5. The van der Waals surface area contributed by atoms with E-state index in [1.54, 1.807) is 0 Å². The first-order valence-electron chi connectivity index (χ1n) is 20.9. The molecule has 3 aromatic heterocycles. The third kappa shape index (κ3) is 4.68. The van der Waals surface area contributed by atoms with Crippen LogP contribution in [0.15, 0.2) is 138 Å². The second-order valence-corrected chi connectivity index (χ2v) is 23.3. The zero-order valence-corrected chi connectivity index (χ0v) is 35.7. The van der Waals surface area contributed by atoms with Crippen molar-refractivity contribution in [2.75, 3.05) is 0 Å². The molecule has 5 heteroatoms. The van der Waals surface area contributed by atoms with E-state index in [-0.39, 0.29) is 0 Å². The Balaban J connectivity index is 1.35. The summed E-state index contributed by atoms with van der Waals surface area (Å²) >= 11 is 0. The van der Waals surface area contributed by atoms with E-state index in [4.69, 9.17) is 4.42 Å². The molecule has 5 heterocycles. The maximum atomic E-state index is 7.09. The number of imidazole rings is 1. The van der Waals surface area contributed by atoms with Crippen molar-refractivity contribution >= 4 is 46.2 Å². The molecule has 1 spiro atoms. The number of fused-ring (bicyclic) bond motifs is 16. The lowest BCUT2D eigenvalue weighted by molar-refractivity contribution is -0.944. The Morgan fingerprint density at radius 3 is 2.19 bits per heavy atom. The van der Waals surface area contributed by atoms with Crippen LogP contribution in [0.2, 0.25) is 19.6 Å². The number of aromatic nitrogens is 3. The van der Waals surface area contributed by atoms with Gasteiger partial charge in [0.15, 0.2) is 22.8 Å². The SMILES string of the molecule is Cc1ccc2c(c1)C1(c3ccc4c(oc5ccccc54)c3-c3n(-c4c(C)cc(-c5ccccc5)cc4C)c4ccccc4[n+]31)[n+]1cc([Si](C)(C)C)c(CC(C)C)cc1-2. The van der Waals surface area contributed by atoms with Gasteiger partial charge in [-0.05, 0) is 116 Å². The smallest absolute Gasteiger partial charge is 0.364 e. The molecule has 0 N–H and O–H groups in total. The normalized spacial score (nSPS) is 15.5. The van der Waals surface area contributed by atoms with Crippen LogP contribution in [0.4, 0.5) is 0 Å². The Morgan fingerprint density at radius 1 is 0.707 bits per heavy atom. The highest BCUT2D eigenvalue weighted by molar-refractivity contribution is 6.89. The van der Waals surface area contributed by atoms with Gasteiger partial charge in [-0.3, -0.25) is 0 Å². The summed E-state index contributed by atoms with van der Waals surface area (Å²) in [7, 11) is -1.82. The van der Waals surface area contributed by atoms with Gasteiger partial charge in [0.1, 0.15) is 16.8 Å². The fraction of sp³-hybridized carbons (Fsp3) is 0.208. The lowest BCUT2D eigenvalue weighted by Gasteiger charge is -2.24. The highest BCUT2D eigenvalue weighted by atomic mass is 28.3. The van der Waals surface area contributed by atoms with Gasteiger partial charge in [-0.25, -0.2) is 0 Å². The van der Waals surface area contributed by atoms with Crippen LogP contribution < -0.4 is 14.3 Å². The molecule has 11 rings (SSSR count). The van der Waals surface area contributed by atoms with E-state index in [9.17, 15) is 0 Å². The highest BCUT2D eigenvalue weighted by Crippen LogP contribution is 2.53. The summed E-state index contributed by atoms with van der Waals surface area (Å²) in [5.41, 5.74) is 18.7. The van der Waals surface area contributed by atoms with Crippen molar-refractivity contribution in [3.05, 3.63) is 167 Å². The van der Waals surface area contributed by atoms with Crippen LogP contribution in [0.3, 0.4) is 0 Å². The first-order valence-corrected chi connectivity index (χ1v) is 24.4. The van der Waals surface area contributed by atoms with E-state index in [1.165, 1.54) is 77.7 Å². The average molecular weight is 772 g/mol. The molecule has 58 heavy (non-hydrogen) atoms. The predicted molar refractivity (Wildman–Crippen MR) is 241 cm³/mol. The minimum Gasteiger partial charge on any atom is -0.455 e. The fourth-order valence-corrected chi connectivity index (χ4v) is 12.3. The minimum absolute atomic E-state index is 0.554. The maximum Gasteiger partial charge on any atom is 0.364 e. The van der Waals surface area contributed by atoms with Crippen LogP contribution in [0, 0.1) is 26.7 Å². The molecule has 0 saturated carbocycles. The number of pyridine rings is 1. The molecular formula is C53H49N3OSi+2. The minimum atomic E-state index is -1.82. The van der Waals surface area contributed by atoms with Gasteiger partial charge in [-0.2, -0.15) is 4.57 Å². The summed E-state index contributed by atoms with van der Waals surface area (Å²) in [5, 5.41) is 3.82. The van der Waals surface area contributed by atoms with Crippen molar-refractivity contribution < 1.29 is 13.6 Å². The van der Waals surface area contributed by atoms with Crippen LogP contribution >= 0.6 is 0 Å². The van der Waals surface area contributed by atoms with Gasteiger partial charge in [-0.15, -0.1) is 9.13 Å². The van der Waals surface area contributed by atoms with Crippen molar-refractivity contribution in [3.8, 4) is 39.5 Å². The van der Waals surface area contributed by atoms with Crippen molar-refractivity contribution in [3.63, 3.8) is 0 Å². The number of para-hydroxylation sites is 3. The number of nitrogens with zero attached hydrogens (tertiary/aromatic N) is 3. The van der Waals surface area contributed by atoms with Gasteiger partial charge in [-0.1, -0.05) is 106 Å². The van der Waals surface area contributed by atoms with Crippen molar-refractivity contribution in [1.82, 2.24) is 4.57 Å². The maximum absolute atomic E-state index is 7.09. The molecule has 0 fully saturated rings. The molecule has 0 bridgehead atoms. The zero-order chi connectivity index (χ0) is 39.8. The first kappa shape index (κ1) is 35.1. The van der Waals surface area contributed by atoms with Crippen molar-refractivity contribution in [2.24, 2.45) is 5.92 Å². The molecule has 4 nitrogen and oxygen atoms in total. The number of rotatable bonds is 5. The number of aryl methyl sites for hydroxylation is 3. The summed E-state index contributed by atoms with van der Waals surface area (Å²) < 4.78 is 15.0. The van der Waals surface area contributed by atoms with Crippen molar-refractivity contribution in [2.45, 2.75) is 66.3 Å². The lowest BCUT2D eigenvalue weighted by atomic mass is 9.88. The molecule has 0 radical (unpaired) electrons. The standard InChI is InChI=1S/C53H49N3OSi/c1-32(2)26-38-30-46-41-23-22-33(3)27-43(41)53(54(46)31-48(38)58(6,7)8)42-25-24-40-39-18-12-15-21-47(39)57-51(40)49(42)52-55(44-19-13-14-20-45(44)56(52)53)50-34(4)28-37(29-35(50)5)36-16-10-9-11-17-36/h9-25,27-32H,26H2,1-8H3/q+2. The third-order valence-electron chi connectivity index (χ3n) is 12.9. The number of hydrogen-bond donors (Lipinski definition) is 0.